The molecule has 1 saturated heterocycles. The molecule has 5 heterocycles. The van der Waals surface area contributed by atoms with E-state index in [1.165, 1.54) is 4.90 Å². The van der Waals surface area contributed by atoms with Crippen LogP contribution in [-0.4, -0.2) is 59.6 Å². The van der Waals surface area contributed by atoms with Crippen LogP contribution in [0, 0.1) is 6.92 Å². The third kappa shape index (κ3) is 3.89. The van der Waals surface area contributed by atoms with Crippen molar-refractivity contribution < 1.29 is 14.4 Å². The molecule has 0 bridgehead atoms. The molecule has 0 spiro atoms. The van der Waals surface area contributed by atoms with Crippen LogP contribution in [0.5, 0.6) is 0 Å². The van der Waals surface area contributed by atoms with Crippen LogP contribution in [0.15, 0.2) is 53.3 Å². The summed E-state index contributed by atoms with van der Waals surface area (Å²) in [6.45, 7) is 2.24. The first-order valence-electron chi connectivity index (χ1n) is 10.2. The van der Waals surface area contributed by atoms with Gasteiger partial charge in [-0.15, -0.1) is 0 Å². The van der Waals surface area contributed by atoms with E-state index in [2.05, 4.69) is 35.4 Å². The average molecular weight is 444 g/mol. The van der Waals surface area contributed by atoms with E-state index >= 15 is 0 Å². The van der Waals surface area contributed by atoms with Crippen LogP contribution in [-0.2, 0) is 10.4 Å². The molecule has 1 aliphatic heterocycles. The Morgan fingerprint density at radius 3 is 2.55 bits per heavy atom. The minimum Gasteiger partial charge on any atom is -0.373 e. The molecule has 0 aliphatic carbocycles. The number of aromatic nitrogens is 6. The lowest BCUT2D eigenvalue weighted by Gasteiger charge is -2.16. The van der Waals surface area contributed by atoms with Crippen molar-refractivity contribution in [1.29, 1.82) is 0 Å². The molecule has 11 nitrogen and oxygen atoms in total. The SMILES string of the molecule is Cc1nccc(Nc2nccc(-c3cccc(-c4cc([C@]5(O)CCN(C)C5=O)on4)n3)n2)n1. The Morgan fingerprint density at radius 1 is 1.03 bits per heavy atom. The van der Waals surface area contributed by atoms with Gasteiger partial charge in [-0.1, -0.05) is 11.2 Å². The van der Waals surface area contributed by atoms with Crippen molar-refractivity contribution in [2.24, 2.45) is 0 Å². The fraction of sp³-hybridized carbons (Fsp3) is 0.227. The monoisotopic (exact) mass is 444 g/mol. The van der Waals surface area contributed by atoms with E-state index in [0.717, 1.165) is 0 Å². The molecule has 1 fully saturated rings. The van der Waals surface area contributed by atoms with Crippen LogP contribution in [0.25, 0.3) is 22.8 Å². The van der Waals surface area contributed by atoms with Crippen LogP contribution < -0.4 is 5.32 Å². The number of carbonyl (C=O) groups is 1. The van der Waals surface area contributed by atoms with Crippen molar-refractivity contribution in [1.82, 2.24) is 35.0 Å². The first-order valence-corrected chi connectivity index (χ1v) is 10.2. The molecule has 4 aromatic heterocycles. The number of hydrogen-bond donors (Lipinski definition) is 2. The maximum absolute atomic E-state index is 12.3. The van der Waals surface area contributed by atoms with Gasteiger partial charge in [0.15, 0.2) is 5.76 Å². The summed E-state index contributed by atoms with van der Waals surface area (Å²) in [7, 11) is 1.64. The van der Waals surface area contributed by atoms with Gasteiger partial charge in [0.1, 0.15) is 17.3 Å². The minimum atomic E-state index is -1.70. The highest BCUT2D eigenvalue weighted by atomic mass is 16.5. The first-order chi connectivity index (χ1) is 15.9. The summed E-state index contributed by atoms with van der Waals surface area (Å²) in [4.78, 5) is 35.6. The predicted molar refractivity (Wildman–Crippen MR) is 117 cm³/mol. The van der Waals surface area contributed by atoms with E-state index in [9.17, 15) is 9.90 Å². The summed E-state index contributed by atoms with van der Waals surface area (Å²) in [5.74, 6) is 1.28. The fourth-order valence-electron chi connectivity index (χ4n) is 3.60. The number of hydrogen-bond acceptors (Lipinski definition) is 10. The van der Waals surface area contributed by atoms with E-state index in [-0.39, 0.29) is 12.2 Å². The summed E-state index contributed by atoms with van der Waals surface area (Å²) in [6.07, 6.45) is 3.52. The number of amides is 1. The van der Waals surface area contributed by atoms with E-state index in [0.29, 0.717) is 46.9 Å². The number of pyridine rings is 1. The van der Waals surface area contributed by atoms with Crippen LogP contribution in [0.1, 0.15) is 18.0 Å². The molecule has 0 radical (unpaired) electrons. The van der Waals surface area contributed by atoms with Gasteiger partial charge in [-0.2, -0.15) is 0 Å². The van der Waals surface area contributed by atoms with E-state index < -0.39 is 11.5 Å². The molecule has 0 unspecified atom stereocenters. The molecular formula is C22H20N8O3. The van der Waals surface area contributed by atoms with Crippen molar-refractivity contribution in [2.75, 3.05) is 18.9 Å². The number of likely N-dealkylation sites (tertiary alicyclic amines) is 1. The van der Waals surface area contributed by atoms with E-state index in [1.807, 2.05) is 12.1 Å². The molecule has 1 amide bonds. The Kier molecular flexibility index (Phi) is 5.02. The smallest absolute Gasteiger partial charge is 0.262 e. The lowest BCUT2D eigenvalue weighted by Crippen LogP contribution is -2.35. The molecule has 0 aromatic carbocycles. The fourth-order valence-corrected chi connectivity index (χ4v) is 3.60. The Labute approximate surface area is 188 Å². The van der Waals surface area contributed by atoms with Crippen LogP contribution in [0.3, 0.4) is 0 Å². The Morgan fingerprint density at radius 2 is 1.79 bits per heavy atom. The summed E-state index contributed by atoms with van der Waals surface area (Å²) in [6, 6.07) is 10.4. The topological polar surface area (TPSA) is 143 Å². The maximum Gasteiger partial charge on any atom is 0.262 e. The molecule has 11 heteroatoms. The zero-order valence-electron chi connectivity index (χ0n) is 17.9. The van der Waals surface area contributed by atoms with Crippen molar-refractivity contribution in [3.05, 3.63) is 60.4 Å². The van der Waals surface area contributed by atoms with Crippen molar-refractivity contribution in [3.63, 3.8) is 0 Å². The Bertz CT molecular complexity index is 1340. The zero-order valence-corrected chi connectivity index (χ0v) is 17.9. The number of nitrogens with one attached hydrogen (secondary N) is 1. The van der Waals surface area contributed by atoms with Gasteiger partial charge < -0.3 is 19.8 Å². The second-order valence-corrected chi connectivity index (χ2v) is 7.70. The lowest BCUT2D eigenvalue weighted by atomic mass is 9.98. The Hall–Kier alpha value is -4.25. The highest BCUT2D eigenvalue weighted by Crippen LogP contribution is 2.34. The van der Waals surface area contributed by atoms with Crippen molar-refractivity contribution in [2.45, 2.75) is 18.9 Å². The summed E-state index contributed by atoms with van der Waals surface area (Å²) < 4.78 is 5.33. The normalized spacial score (nSPS) is 18.0. The van der Waals surface area contributed by atoms with Crippen molar-refractivity contribution in [3.8, 4) is 22.8 Å². The number of aliphatic hydroxyl groups is 1. The van der Waals surface area contributed by atoms with E-state index in [1.54, 1.807) is 50.6 Å². The first kappa shape index (κ1) is 20.6. The van der Waals surface area contributed by atoms with Gasteiger partial charge in [-0.05, 0) is 31.2 Å². The Balaban J connectivity index is 1.42. The van der Waals surface area contributed by atoms with Gasteiger partial charge in [-0.3, -0.25) is 4.79 Å². The summed E-state index contributed by atoms with van der Waals surface area (Å²) in [5, 5.41) is 17.9. The molecule has 1 aliphatic rings. The largest absolute Gasteiger partial charge is 0.373 e. The van der Waals surface area contributed by atoms with Gasteiger partial charge in [0, 0.05) is 38.5 Å². The van der Waals surface area contributed by atoms with Gasteiger partial charge in [-0.25, -0.2) is 24.9 Å². The van der Waals surface area contributed by atoms with Crippen molar-refractivity contribution >= 4 is 17.7 Å². The minimum absolute atomic E-state index is 0.104. The molecule has 166 valence electrons. The number of rotatable bonds is 5. The van der Waals surface area contributed by atoms with Gasteiger partial charge in [0.05, 0.1) is 17.1 Å². The molecule has 1 atom stereocenters. The number of anilines is 2. The zero-order chi connectivity index (χ0) is 23.0. The summed E-state index contributed by atoms with van der Waals surface area (Å²) >= 11 is 0. The average Bonchev–Trinajstić information content (AvgIpc) is 3.42. The predicted octanol–water partition coefficient (Wildman–Crippen LogP) is 2.09. The number of carbonyl (C=O) groups excluding carboxylic acids is 1. The maximum atomic E-state index is 12.3. The number of likely N-dealkylation sites (N-methyl/N-ethyl adjacent to an activating group) is 1. The third-order valence-electron chi connectivity index (χ3n) is 5.37. The molecule has 2 N–H and O–H groups in total. The van der Waals surface area contributed by atoms with Crippen LogP contribution >= 0.6 is 0 Å². The highest BCUT2D eigenvalue weighted by Gasteiger charge is 2.48. The number of aryl methyl sites for hydroxylation is 1. The molecule has 0 saturated carbocycles. The highest BCUT2D eigenvalue weighted by molar-refractivity contribution is 5.87. The standard InChI is InChI=1S/C22H20N8O3/c1-13-23-10-7-19(25-13)28-21-24-9-6-16(27-21)14-4-3-5-15(26-14)17-12-18(33-29-17)22(32)8-11-30(2)20(22)31/h3-7,9-10,12,32H,8,11H2,1-2H3,(H,23,24,25,27,28)/t22-/m1/s1. The van der Waals surface area contributed by atoms with Gasteiger partial charge in [0.25, 0.3) is 5.91 Å². The molecule has 4 aromatic rings. The van der Waals surface area contributed by atoms with Crippen LogP contribution in [0.4, 0.5) is 11.8 Å². The van der Waals surface area contributed by atoms with Gasteiger partial charge in [0.2, 0.25) is 11.5 Å². The van der Waals surface area contributed by atoms with Gasteiger partial charge >= 0.3 is 0 Å². The number of nitrogens with zero attached hydrogens (tertiary/aromatic N) is 7. The second kappa shape index (κ2) is 8.02. The molecule has 5 rings (SSSR count). The van der Waals surface area contributed by atoms with Crippen LogP contribution in [0.2, 0.25) is 0 Å². The lowest BCUT2D eigenvalue weighted by molar-refractivity contribution is -0.144. The van der Waals surface area contributed by atoms with E-state index in [4.69, 9.17) is 4.52 Å². The molecular weight excluding hydrogens is 424 g/mol. The third-order valence-corrected chi connectivity index (χ3v) is 5.37. The summed E-state index contributed by atoms with van der Waals surface area (Å²) in [5.41, 5.74) is 0.409. The second-order valence-electron chi connectivity index (χ2n) is 7.70. The quantitative estimate of drug-likeness (QED) is 0.469. The molecule has 33 heavy (non-hydrogen) atoms.